The minimum absolute atomic E-state index is 0.103. The van der Waals surface area contributed by atoms with Gasteiger partial charge in [-0.2, -0.15) is 11.8 Å². The molecule has 1 heterocycles. The van der Waals surface area contributed by atoms with Crippen molar-refractivity contribution in [2.45, 2.75) is 36.9 Å². The molecule has 1 aromatic heterocycles. The predicted octanol–water partition coefficient (Wildman–Crippen LogP) is 3.08. The van der Waals surface area contributed by atoms with Gasteiger partial charge < -0.3 is 9.73 Å². The Morgan fingerprint density at radius 3 is 2.82 bits per heavy atom. The lowest BCUT2D eigenvalue weighted by molar-refractivity contribution is 0.0919. The molecule has 0 unspecified atom stereocenters. The molecule has 17 heavy (non-hydrogen) atoms. The number of nitrogens with one attached hydrogen (secondary N) is 1. The van der Waals surface area contributed by atoms with E-state index >= 15 is 0 Å². The van der Waals surface area contributed by atoms with E-state index in [1.807, 2.05) is 11.8 Å². The van der Waals surface area contributed by atoms with Crippen LogP contribution in [0.1, 0.15) is 42.7 Å². The van der Waals surface area contributed by atoms with Crippen molar-refractivity contribution in [1.29, 1.82) is 0 Å². The fourth-order valence-electron chi connectivity index (χ4n) is 2.39. The van der Waals surface area contributed by atoms with Gasteiger partial charge in [-0.05, 0) is 31.2 Å². The summed E-state index contributed by atoms with van der Waals surface area (Å²) in [7, 11) is 0. The molecule has 94 valence electrons. The molecule has 0 spiro atoms. The summed E-state index contributed by atoms with van der Waals surface area (Å²) >= 11 is 1.89. The van der Waals surface area contributed by atoms with E-state index in [-0.39, 0.29) is 10.7 Å². The zero-order valence-corrected chi connectivity index (χ0v) is 11.0. The highest BCUT2D eigenvalue weighted by molar-refractivity contribution is 8.00. The van der Waals surface area contributed by atoms with Crippen LogP contribution in [0, 0.1) is 0 Å². The molecule has 0 radical (unpaired) electrons. The van der Waals surface area contributed by atoms with Gasteiger partial charge in [-0.3, -0.25) is 4.79 Å². The van der Waals surface area contributed by atoms with Crippen LogP contribution >= 0.6 is 11.8 Å². The Morgan fingerprint density at radius 2 is 2.24 bits per heavy atom. The van der Waals surface area contributed by atoms with Gasteiger partial charge in [-0.15, -0.1) is 0 Å². The van der Waals surface area contributed by atoms with Crippen LogP contribution in [0.2, 0.25) is 0 Å². The molecule has 1 amide bonds. The van der Waals surface area contributed by atoms with E-state index in [2.05, 4.69) is 11.6 Å². The molecule has 0 saturated heterocycles. The third-order valence-corrected chi connectivity index (χ3v) is 4.93. The summed E-state index contributed by atoms with van der Waals surface area (Å²) in [6.45, 7) is 0.744. The molecule has 1 aliphatic rings. The van der Waals surface area contributed by atoms with Gasteiger partial charge in [0, 0.05) is 11.3 Å². The van der Waals surface area contributed by atoms with Crippen LogP contribution < -0.4 is 5.32 Å². The lowest BCUT2D eigenvalue weighted by Crippen LogP contribution is -2.41. The van der Waals surface area contributed by atoms with Gasteiger partial charge in [0.25, 0.3) is 5.91 Å². The first-order chi connectivity index (χ1) is 8.26. The Morgan fingerprint density at radius 1 is 1.47 bits per heavy atom. The van der Waals surface area contributed by atoms with E-state index in [4.69, 9.17) is 4.42 Å². The van der Waals surface area contributed by atoms with Gasteiger partial charge in [0.2, 0.25) is 0 Å². The number of thioether (sulfide) groups is 1. The minimum atomic E-state index is -0.103. The summed E-state index contributed by atoms with van der Waals surface area (Å²) in [6.07, 6.45) is 9.95. The van der Waals surface area contributed by atoms with Gasteiger partial charge in [0.1, 0.15) is 0 Å². The highest BCUT2D eigenvalue weighted by Gasteiger charge is 2.31. The Hall–Kier alpha value is -0.900. The van der Waals surface area contributed by atoms with Crippen LogP contribution in [0.25, 0.3) is 0 Å². The zero-order chi connectivity index (χ0) is 12.1. The number of amides is 1. The molecule has 1 aromatic rings. The summed E-state index contributed by atoms with van der Waals surface area (Å²) in [5.41, 5.74) is 0. The first kappa shape index (κ1) is 12.6. The largest absolute Gasteiger partial charge is 0.459 e. The average molecular weight is 253 g/mol. The van der Waals surface area contributed by atoms with Crippen LogP contribution in [-0.2, 0) is 0 Å². The Labute approximate surface area is 106 Å². The maximum atomic E-state index is 11.8. The second kappa shape index (κ2) is 5.63. The molecule has 1 N–H and O–H groups in total. The standard InChI is InChI=1S/C13H19NO2S/c1-17-13(7-3-2-4-8-13)10-14-12(15)11-6-5-9-16-11/h5-6,9H,2-4,7-8,10H2,1H3,(H,14,15). The fourth-order valence-corrected chi connectivity index (χ4v) is 3.30. The van der Waals surface area contributed by atoms with Crippen molar-refractivity contribution in [1.82, 2.24) is 5.32 Å². The Kier molecular flexibility index (Phi) is 4.15. The highest BCUT2D eigenvalue weighted by atomic mass is 32.2. The normalized spacial score (nSPS) is 18.9. The van der Waals surface area contributed by atoms with Crippen molar-refractivity contribution in [3.63, 3.8) is 0 Å². The molecule has 0 aromatic carbocycles. The highest BCUT2D eigenvalue weighted by Crippen LogP contribution is 2.37. The van der Waals surface area contributed by atoms with Crippen LogP contribution in [0.4, 0.5) is 0 Å². The SMILES string of the molecule is CSC1(CNC(=O)c2ccco2)CCCCC1. The molecular weight excluding hydrogens is 234 g/mol. The number of furan rings is 1. The molecule has 1 saturated carbocycles. The van der Waals surface area contributed by atoms with Crippen molar-refractivity contribution < 1.29 is 9.21 Å². The van der Waals surface area contributed by atoms with Crippen molar-refractivity contribution in [2.24, 2.45) is 0 Å². The molecule has 1 aliphatic carbocycles. The maximum Gasteiger partial charge on any atom is 0.287 e. The van der Waals surface area contributed by atoms with Crippen molar-refractivity contribution >= 4 is 17.7 Å². The van der Waals surface area contributed by atoms with E-state index < -0.39 is 0 Å². The van der Waals surface area contributed by atoms with Crippen LogP contribution in [0.5, 0.6) is 0 Å². The number of carbonyl (C=O) groups is 1. The summed E-state index contributed by atoms with van der Waals surface area (Å²) in [6, 6.07) is 3.43. The summed E-state index contributed by atoms with van der Waals surface area (Å²) in [4.78, 5) is 11.8. The number of rotatable bonds is 4. The Bertz CT molecular complexity index is 356. The number of hydrogen-bond donors (Lipinski definition) is 1. The van der Waals surface area contributed by atoms with Crippen LogP contribution in [0.3, 0.4) is 0 Å². The van der Waals surface area contributed by atoms with Crippen LogP contribution in [0.15, 0.2) is 22.8 Å². The zero-order valence-electron chi connectivity index (χ0n) is 10.2. The minimum Gasteiger partial charge on any atom is -0.459 e. The molecule has 0 atom stereocenters. The lowest BCUT2D eigenvalue weighted by Gasteiger charge is -2.35. The van der Waals surface area contributed by atoms with Gasteiger partial charge in [-0.25, -0.2) is 0 Å². The average Bonchev–Trinajstić information content (AvgIpc) is 2.91. The lowest BCUT2D eigenvalue weighted by atomic mass is 9.88. The van der Waals surface area contributed by atoms with Gasteiger partial charge in [0.05, 0.1) is 6.26 Å². The Balaban J connectivity index is 1.89. The smallest absolute Gasteiger partial charge is 0.287 e. The second-order valence-corrected chi connectivity index (χ2v) is 5.88. The molecule has 1 fully saturated rings. The quantitative estimate of drug-likeness (QED) is 0.896. The predicted molar refractivity (Wildman–Crippen MR) is 70.4 cm³/mol. The van der Waals surface area contributed by atoms with E-state index in [1.54, 1.807) is 12.1 Å². The molecular formula is C13H19NO2S. The summed E-state index contributed by atoms with van der Waals surface area (Å²) in [5, 5.41) is 2.99. The van der Waals surface area contributed by atoms with Crippen molar-refractivity contribution in [2.75, 3.05) is 12.8 Å². The molecule has 4 heteroatoms. The topological polar surface area (TPSA) is 42.2 Å². The van der Waals surface area contributed by atoms with E-state index in [1.165, 1.54) is 38.4 Å². The second-order valence-electron chi connectivity index (χ2n) is 4.61. The maximum absolute atomic E-state index is 11.8. The number of hydrogen-bond acceptors (Lipinski definition) is 3. The van der Waals surface area contributed by atoms with E-state index in [9.17, 15) is 4.79 Å². The van der Waals surface area contributed by atoms with E-state index in [0.717, 1.165) is 6.54 Å². The first-order valence-electron chi connectivity index (χ1n) is 6.13. The number of carbonyl (C=O) groups excluding carboxylic acids is 1. The fraction of sp³-hybridized carbons (Fsp3) is 0.615. The van der Waals surface area contributed by atoms with Gasteiger partial charge in [0.15, 0.2) is 5.76 Å². The monoisotopic (exact) mass is 253 g/mol. The van der Waals surface area contributed by atoms with Crippen molar-refractivity contribution in [3.8, 4) is 0 Å². The molecule has 0 aliphatic heterocycles. The van der Waals surface area contributed by atoms with Crippen LogP contribution in [-0.4, -0.2) is 23.5 Å². The first-order valence-corrected chi connectivity index (χ1v) is 7.35. The van der Waals surface area contributed by atoms with Gasteiger partial charge in [-0.1, -0.05) is 19.3 Å². The molecule has 3 nitrogen and oxygen atoms in total. The van der Waals surface area contributed by atoms with Crippen molar-refractivity contribution in [3.05, 3.63) is 24.2 Å². The van der Waals surface area contributed by atoms with Gasteiger partial charge >= 0.3 is 0 Å². The third kappa shape index (κ3) is 3.06. The summed E-state index contributed by atoms with van der Waals surface area (Å²) < 4.78 is 5.32. The third-order valence-electron chi connectivity index (χ3n) is 3.51. The molecule has 0 bridgehead atoms. The van der Waals surface area contributed by atoms with E-state index in [0.29, 0.717) is 5.76 Å². The molecule has 2 rings (SSSR count). The summed E-state index contributed by atoms with van der Waals surface area (Å²) in [5.74, 6) is 0.297.